The number of carboxylic acids is 3. The zero-order valence-electron chi connectivity index (χ0n) is 14.4. The molecule has 1 aliphatic carbocycles. The van der Waals surface area contributed by atoms with E-state index in [1.165, 1.54) is 24.3 Å². The molecule has 0 aliphatic heterocycles. The van der Waals surface area contributed by atoms with Crippen LogP contribution in [0, 0.1) is 17.8 Å². The van der Waals surface area contributed by atoms with Gasteiger partial charge in [-0.05, 0) is 49.8 Å². The smallest absolute Gasteiger partial charge is 0.0991 e. The number of allylic oxidation sites excluding steroid dienone is 3. The average molecular weight is 627 g/mol. The van der Waals surface area contributed by atoms with Crippen molar-refractivity contribution in [2.75, 3.05) is 0 Å². The summed E-state index contributed by atoms with van der Waals surface area (Å²) < 4.78 is 1.10. The van der Waals surface area contributed by atoms with Gasteiger partial charge in [-0.25, -0.2) is 0 Å². The van der Waals surface area contributed by atoms with Crippen LogP contribution in [-0.2, 0) is 9.59 Å². The number of hydrogen-bond acceptors (Lipinski definition) is 7. The summed E-state index contributed by atoms with van der Waals surface area (Å²) in [6, 6.07) is 7.53. The topological polar surface area (TPSA) is 144 Å². The summed E-state index contributed by atoms with van der Waals surface area (Å²) in [7, 11) is 0. The van der Waals surface area contributed by atoms with Crippen molar-refractivity contribution in [3.8, 4) is 6.07 Å². The van der Waals surface area contributed by atoms with Crippen LogP contribution in [0.4, 0.5) is 0 Å². The summed E-state index contributed by atoms with van der Waals surface area (Å²) in [5, 5.41) is 36.4. The van der Waals surface area contributed by atoms with E-state index in [0.29, 0.717) is 5.56 Å². The van der Waals surface area contributed by atoms with Crippen LogP contribution >= 0.6 is 15.9 Å². The number of aromatic carboxylic acids is 1. The monoisotopic (exact) mass is 627 g/mol. The number of nitrogens with zero attached hydrogens (tertiary/aromatic N) is 1. The standard InChI is InChI=1S/C8H5NO2.C6H4Br.2C2H4O2.Pb/c9-5-6-2-1-3-7(4-6)8(10)11;7-6-4-2-1-3-5-6;2*1-2(3)4;/h1-4H,(H,10,11);2-5H;2*1H3,(H,3,4);/p-3. The van der Waals surface area contributed by atoms with Gasteiger partial charge in [0.25, 0.3) is 0 Å². The van der Waals surface area contributed by atoms with Gasteiger partial charge in [-0.2, -0.15) is 5.26 Å². The first-order chi connectivity index (χ1) is 12.1. The van der Waals surface area contributed by atoms with Crippen molar-refractivity contribution >= 4 is 61.1 Å². The van der Waals surface area contributed by atoms with Gasteiger partial charge in [-0.1, -0.05) is 28.1 Å². The number of rotatable bonds is 1. The van der Waals surface area contributed by atoms with Crippen molar-refractivity contribution in [2.24, 2.45) is 0 Å². The van der Waals surface area contributed by atoms with Gasteiger partial charge in [0, 0.05) is 50.1 Å². The molecule has 141 valence electrons. The Hall–Kier alpha value is -2.22. The van der Waals surface area contributed by atoms with Gasteiger partial charge in [-0.15, -0.1) is 5.73 Å². The molecule has 0 bridgehead atoms. The van der Waals surface area contributed by atoms with E-state index in [2.05, 4.69) is 21.7 Å². The zero-order valence-corrected chi connectivity index (χ0v) is 19.9. The van der Waals surface area contributed by atoms with Crippen LogP contribution in [-0.4, -0.2) is 45.2 Å². The quantitative estimate of drug-likeness (QED) is 0.295. The number of halogens is 1. The molecule has 1 aliphatic rings. The first-order valence-corrected chi connectivity index (χ1v) is 7.57. The molecule has 7 nitrogen and oxygen atoms in total. The maximum absolute atomic E-state index is 10.2. The Morgan fingerprint density at radius 1 is 1.07 bits per heavy atom. The maximum atomic E-state index is 10.2. The Balaban J connectivity index is -0.000000312. The van der Waals surface area contributed by atoms with E-state index < -0.39 is 17.9 Å². The molecular formula is C18H14BrNO6Pb-3. The number of carbonyl (C=O) groups excluding carboxylic acids is 3. The van der Waals surface area contributed by atoms with Gasteiger partial charge in [0.15, 0.2) is 0 Å². The molecule has 0 saturated carbocycles. The SMILES string of the molecule is BrC1=CC=C=C[CH]1.CC(=O)[O-].CC(=O)[O-].N#Cc1cccc(C(=O)[O-])c1.[Pb]. The minimum absolute atomic E-state index is 0. The second-order valence-corrected chi connectivity index (χ2v) is 5.10. The summed E-state index contributed by atoms with van der Waals surface area (Å²) in [5.41, 5.74) is 3.26. The Kier molecular flexibility index (Phi) is 20.3. The molecule has 0 fully saturated rings. The largest absolute Gasteiger partial charge is 0.550 e. The van der Waals surface area contributed by atoms with Crippen molar-refractivity contribution in [3.63, 3.8) is 0 Å². The van der Waals surface area contributed by atoms with Crippen LogP contribution in [0.1, 0.15) is 29.8 Å². The molecule has 0 aromatic heterocycles. The Morgan fingerprint density at radius 2 is 1.59 bits per heavy atom. The van der Waals surface area contributed by atoms with E-state index in [0.717, 1.165) is 18.3 Å². The number of carbonyl (C=O) groups is 3. The molecule has 0 amide bonds. The number of benzene rings is 1. The van der Waals surface area contributed by atoms with Crippen LogP contribution < -0.4 is 15.3 Å². The van der Waals surface area contributed by atoms with E-state index in [1.807, 2.05) is 30.7 Å². The fourth-order valence-electron chi connectivity index (χ4n) is 1.08. The van der Waals surface area contributed by atoms with Gasteiger partial charge < -0.3 is 29.7 Å². The normalized spacial score (nSPS) is 9.78. The van der Waals surface area contributed by atoms with Crippen molar-refractivity contribution in [1.29, 1.82) is 5.26 Å². The maximum Gasteiger partial charge on any atom is 0.0991 e. The fourth-order valence-corrected chi connectivity index (χ4v) is 1.35. The Bertz CT molecular complexity index is 741. The second-order valence-electron chi connectivity index (χ2n) is 4.18. The molecule has 0 unspecified atom stereocenters. The van der Waals surface area contributed by atoms with Crippen molar-refractivity contribution in [1.82, 2.24) is 0 Å². The van der Waals surface area contributed by atoms with Crippen molar-refractivity contribution in [2.45, 2.75) is 13.8 Å². The first-order valence-electron chi connectivity index (χ1n) is 6.78. The van der Waals surface area contributed by atoms with Gasteiger partial charge in [-0.3, -0.25) is 0 Å². The van der Waals surface area contributed by atoms with Gasteiger partial charge in [0.1, 0.15) is 0 Å². The third-order valence-electron chi connectivity index (χ3n) is 1.90. The third-order valence-corrected chi connectivity index (χ3v) is 2.43. The van der Waals surface area contributed by atoms with Crippen LogP contribution in [0.2, 0.25) is 0 Å². The number of aliphatic carboxylic acids is 2. The predicted molar refractivity (Wildman–Crippen MR) is 96.6 cm³/mol. The Morgan fingerprint density at radius 3 is 1.89 bits per heavy atom. The van der Waals surface area contributed by atoms with Crippen LogP contribution in [0.15, 0.2) is 52.7 Å². The van der Waals surface area contributed by atoms with E-state index in [4.69, 9.17) is 25.1 Å². The molecule has 9 heteroatoms. The first kappa shape index (κ1) is 29.5. The van der Waals surface area contributed by atoms with E-state index in [1.54, 1.807) is 0 Å². The molecule has 0 N–H and O–H groups in total. The molecule has 1 aromatic carbocycles. The van der Waals surface area contributed by atoms with Gasteiger partial charge in [0.05, 0.1) is 17.6 Å². The van der Waals surface area contributed by atoms with Crippen molar-refractivity contribution in [3.05, 3.63) is 70.3 Å². The summed E-state index contributed by atoms with van der Waals surface area (Å²) in [4.78, 5) is 28.0. The zero-order chi connectivity index (χ0) is 20.5. The van der Waals surface area contributed by atoms with Crippen molar-refractivity contribution < 1.29 is 29.7 Å². The molecule has 0 saturated heterocycles. The summed E-state index contributed by atoms with van der Waals surface area (Å²) in [6.45, 7) is 1.94. The average Bonchev–Trinajstić information content (AvgIpc) is 2.55. The third kappa shape index (κ3) is 23.8. The molecule has 27 heavy (non-hydrogen) atoms. The summed E-state index contributed by atoms with van der Waals surface area (Å²) in [6.07, 6.45) is 7.62. The predicted octanol–water partition coefficient (Wildman–Crippen LogP) is -0.752. The Labute approximate surface area is 185 Å². The summed E-state index contributed by atoms with van der Waals surface area (Å²) >= 11 is 3.29. The van der Waals surface area contributed by atoms with E-state index in [9.17, 15) is 9.90 Å². The van der Waals surface area contributed by atoms with Crippen LogP contribution in [0.5, 0.6) is 0 Å². The van der Waals surface area contributed by atoms with E-state index >= 15 is 0 Å². The van der Waals surface area contributed by atoms with Gasteiger partial charge >= 0.3 is 0 Å². The molecular weight excluding hydrogens is 613 g/mol. The van der Waals surface area contributed by atoms with Crippen LogP contribution in [0.25, 0.3) is 0 Å². The second kappa shape index (κ2) is 18.6. The van der Waals surface area contributed by atoms with Crippen LogP contribution in [0.3, 0.4) is 0 Å². The number of hydrogen-bond donors (Lipinski definition) is 0. The molecule has 5 radical (unpaired) electrons. The molecule has 2 rings (SSSR count). The minimum atomic E-state index is -1.26. The molecule has 0 heterocycles. The molecule has 0 spiro atoms. The number of carboxylic acid groups (broad SMARTS) is 3. The summed E-state index contributed by atoms with van der Waals surface area (Å²) in [5.74, 6) is -3.43. The van der Waals surface area contributed by atoms with E-state index in [-0.39, 0.29) is 32.9 Å². The molecule has 0 atom stereocenters. The van der Waals surface area contributed by atoms with Gasteiger partial charge in [0.2, 0.25) is 0 Å². The molecule has 1 aromatic rings. The number of nitriles is 1. The fraction of sp³-hybridized carbons (Fsp3) is 0.111. The minimum Gasteiger partial charge on any atom is -0.550 e.